The molecule has 202 valence electrons. The van der Waals surface area contributed by atoms with Crippen molar-refractivity contribution in [2.24, 2.45) is 0 Å². The minimum Gasteiger partial charge on any atom is -0.382 e. The predicted octanol–water partition coefficient (Wildman–Crippen LogP) is 4.04. The summed E-state index contributed by atoms with van der Waals surface area (Å²) in [5, 5.41) is 6.50. The van der Waals surface area contributed by atoms with E-state index in [2.05, 4.69) is 15.4 Å². The first-order chi connectivity index (χ1) is 18.4. The second kappa shape index (κ2) is 9.64. The quantitative estimate of drug-likeness (QED) is 0.378. The topological polar surface area (TPSA) is 106 Å². The summed E-state index contributed by atoms with van der Waals surface area (Å²) in [6.45, 7) is 1.25. The van der Waals surface area contributed by atoms with E-state index in [0.717, 1.165) is 29.0 Å². The zero-order chi connectivity index (χ0) is 28.1. The smallest absolute Gasteiger partial charge is 0.382 e. The molecule has 39 heavy (non-hydrogen) atoms. The van der Waals surface area contributed by atoms with E-state index in [1.54, 1.807) is 13.0 Å². The number of nitrogens with one attached hydrogen (secondary N) is 1. The lowest BCUT2D eigenvalue weighted by atomic mass is 10.0. The molecule has 2 amide bonds. The molecule has 1 fully saturated rings. The molecule has 0 unspecified atom stereocenters. The number of carbonyl (C=O) groups is 2. The van der Waals surface area contributed by atoms with E-state index in [1.807, 2.05) is 0 Å². The molecule has 0 spiro atoms. The highest BCUT2D eigenvalue weighted by Gasteiger charge is 2.38. The first kappa shape index (κ1) is 26.1. The Morgan fingerprint density at radius 1 is 1.08 bits per heavy atom. The van der Waals surface area contributed by atoms with Crippen LogP contribution in [0.1, 0.15) is 31.8 Å². The summed E-state index contributed by atoms with van der Waals surface area (Å²) in [6, 6.07) is 9.14. The largest absolute Gasteiger partial charge is 0.418 e. The Hall–Kier alpha value is -4.55. The third-order valence-corrected chi connectivity index (χ3v) is 6.61. The molecule has 2 aromatic heterocycles. The van der Waals surface area contributed by atoms with E-state index in [1.165, 1.54) is 29.2 Å². The molecule has 2 atom stereocenters. The number of nitrogens with zero attached hydrogens (tertiary/aromatic N) is 4. The Balaban J connectivity index is 1.40. The fourth-order valence-electron chi connectivity index (χ4n) is 4.60. The molecule has 2 aromatic carbocycles. The number of carbonyl (C=O) groups excluding carboxylic acids is 2. The van der Waals surface area contributed by atoms with Gasteiger partial charge in [0, 0.05) is 23.2 Å². The van der Waals surface area contributed by atoms with Crippen molar-refractivity contribution >= 4 is 23.1 Å². The molecule has 0 bridgehead atoms. The van der Waals surface area contributed by atoms with Crippen LogP contribution in [0.3, 0.4) is 0 Å². The van der Waals surface area contributed by atoms with Gasteiger partial charge in [0.05, 0.1) is 23.8 Å². The van der Waals surface area contributed by atoms with Crippen LogP contribution in [0.5, 0.6) is 0 Å². The van der Waals surface area contributed by atoms with Gasteiger partial charge >= 0.3 is 6.18 Å². The highest BCUT2D eigenvalue weighted by atomic mass is 19.4. The van der Waals surface area contributed by atoms with E-state index < -0.39 is 47.1 Å². The zero-order valence-electron chi connectivity index (χ0n) is 20.3. The number of aryl methyl sites for hydroxylation is 1. The molecule has 1 saturated heterocycles. The maximum Gasteiger partial charge on any atom is 0.418 e. The van der Waals surface area contributed by atoms with Crippen LogP contribution in [0.2, 0.25) is 0 Å². The second-order valence-corrected chi connectivity index (χ2v) is 9.19. The summed E-state index contributed by atoms with van der Waals surface area (Å²) in [7, 11) is 0. The number of hydrogen-bond acceptors (Lipinski definition) is 5. The van der Waals surface area contributed by atoms with Crippen LogP contribution in [0, 0.1) is 12.7 Å². The summed E-state index contributed by atoms with van der Waals surface area (Å²) in [4.78, 5) is 30.7. The summed E-state index contributed by atoms with van der Waals surface area (Å²) in [5.74, 6) is -2.04. The average molecular weight is 544 g/mol. The Kier molecular flexibility index (Phi) is 6.44. The number of amides is 2. The molecule has 3 N–H and O–H groups in total. The second-order valence-electron chi connectivity index (χ2n) is 9.19. The maximum atomic E-state index is 14.8. The van der Waals surface area contributed by atoms with Crippen molar-refractivity contribution in [1.82, 2.24) is 24.8 Å². The van der Waals surface area contributed by atoms with Crippen molar-refractivity contribution in [2.45, 2.75) is 25.3 Å². The Morgan fingerprint density at radius 2 is 1.79 bits per heavy atom. The first-order valence-corrected chi connectivity index (χ1v) is 11.7. The molecule has 13 heteroatoms. The van der Waals surface area contributed by atoms with Gasteiger partial charge < -0.3 is 16.0 Å². The fraction of sp³-hybridized carbons (Fsp3) is 0.231. The number of alkyl halides is 4. The number of nitrogen functional groups attached to an aromatic ring is 1. The SMILES string of the molecule is Cc1ccc(-c2cc(C(F)(F)F)c3c(N)ncnn23)cc1C(=O)N[C@@H]1CN(C(=O)c2ccc(F)cc2)C[C@@H]1F. The molecule has 1 aliphatic rings. The molecule has 0 aliphatic carbocycles. The number of halogens is 5. The lowest BCUT2D eigenvalue weighted by Gasteiger charge is -2.17. The summed E-state index contributed by atoms with van der Waals surface area (Å²) in [6.07, 6.45) is -5.28. The Bertz CT molecular complexity index is 1580. The first-order valence-electron chi connectivity index (χ1n) is 11.7. The van der Waals surface area contributed by atoms with Crippen molar-refractivity contribution in [3.05, 3.63) is 82.9 Å². The minimum atomic E-state index is -4.73. The minimum absolute atomic E-state index is 0.0285. The summed E-state index contributed by atoms with van der Waals surface area (Å²) < 4.78 is 70.1. The molecule has 0 radical (unpaired) electrons. The third-order valence-electron chi connectivity index (χ3n) is 6.61. The van der Waals surface area contributed by atoms with Gasteiger partial charge in [0.15, 0.2) is 5.82 Å². The van der Waals surface area contributed by atoms with Gasteiger partial charge in [0.1, 0.15) is 23.8 Å². The van der Waals surface area contributed by atoms with Crippen LogP contribution < -0.4 is 11.1 Å². The van der Waals surface area contributed by atoms with Gasteiger partial charge in [-0.1, -0.05) is 12.1 Å². The van der Waals surface area contributed by atoms with Gasteiger partial charge in [-0.3, -0.25) is 9.59 Å². The van der Waals surface area contributed by atoms with Gasteiger partial charge in [-0.05, 0) is 48.9 Å². The fourth-order valence-corrected chi connectivity index (χ4v) is 4.60. The number of rotatable bonds is 4. The molecule has 1 aliphatic heterocycles. The summed E-state index contributed by atoms with van der Waals surface area (Å²) in [5.41, 5.74) is 5.32. The van der Waals surface area contributed by atoms with Crippen LogP contribution in [0.25, 0.3) is 16.8 Å². The van der Waals surface area contributed by atoms with Crippen LogP contribution >= 0.6 is 0 Å². The van der Waals surface area contributed by atoms with Crippen molar-refractivity contribution in [3.8, 4) is 11.3 Å². The summed E-state index contributed by atoms with van der Waals surface area (Å²) >= 11 is 0. The van der Waals surface area contributed by atoms with E-state index in [4.69, 9.17) is 5.73 Å². The predicted molar refractivity (Wildman–Crippen MR) is 131 cm³/mol. The average Bonchev–Trinajstić information content (AvgIpc) is 3.46. The Labute approximate surface area is 218 Å². The number of anilines is 1. The van der Waals surface area contributed by atoms with Crippen LogP contribution in [-0.2, 0) is 6.18 Å². The van der Waals surface area contributed by atoms with Crippen LogP contribution in [0.4, 0.5) is 27.8 Å². The van der Waals surface area contributed by atoms with Crippen molar-refractivity contribution in [1.29, 1.82) is 0 Å². The van der Waals surface area contributed by atoms with Crippen LogP contribution in [0.15, 0.2) is 54.9 Å². The van der Waals surface area contributed by atoms with Gasteiger partial charge in [0.2, 0.25) is 0 Å². The van der Waals surface area contributed by atoms with Gasteiger partial charge in [-0.2, -0.15) is 18.3 Å². The highest BCUT2D eigenvalue weighted by Crippen LogP contribution is 2.38. The zero-order valence-corrected chi connectivity index (χ0v) is 20.3. The number of fused-ring (bicyclic) bond motifs is 1. The van der Waals surface area contributed by atoms with E-state index in [-0.39, 0.29) is 41.3 Å². The molecular weight excluding hydrogens is 523 g/mol. The standard InChI is InChI=1S/C26H21F5N6O2/c1-13-2-3-15(21-9-18(26(29,30)31)22-23(32)33-12-34-37(21)22)8-17(13)24(38)35-20-11-36(10-19(20)28)25(39)14-4-6-16(27)7-5-14/h2-9,12,19-20H,10-11H2,1H3,(H,35,38)(H2,32,33,34)/t19-,20+/m0/s1. The van der Waals surface area contributed by atoms with Gasteiger partial charge in [-0.15, -0.1) is 0 Å². The third kappa shape index (κ3) is 4.87. The molecule has 3 heterocycles. The normalized spacial score (nSPS) is 17.5. The lowest BCUT2D eigenvalue weighted by Crippen LogP contribution is -2.42. The number of likely N-dealkylation sites (tertiary alicyclic amines) is 1. The maximum absolute atomic E-state index is 14.8. The van der Waals surface area contributed by atoms with Crippen molar-refractivity contribution in [3.63, 3.8) is 0 Å². The number of nitrogens with two attached hydrogens (primary N) is 1. The molecule has 5 rings (SSSR count). The van der Waals surface area contributed by atoms with E-state index in [0.29, 0.717) is 5.56 Å². The van der Waals surface area contributed by atoms with Gasteiger partial charge in [0.25, 0.3) is 11.8 Å². The molecular formula is C26H21F5N6O2. The molecule has 4 aromatic rings. The van der Waals surface area contributed by atoms with E-state index >= 15 is 0 Å². The molecule has 0 saturated carbocycles. The Morgan fingerprint density at radius 3 is 2.49 bits per heavy atom. The molecule has 8 nitrogen and oxygen atoms in total. The van der Waals surface area contributed by atoms with Crippen molar-refractivity contribution in [2.75, 3.05) is 18.8 Å². The van der Waals surface area contributed by atoms with Crippen LogP contribution in [-0.4, -0.2) is 56.6 Å². The monoisotopic (exact) mass is 544 g/mol. The number of aromatic nitrogens is 3. The number of hydrogen-bond donors (Lipinski definition) is 2. The van der Waals surface area contributed by atoms with Crippen molar-refractivity contribution < 1.29 is 31.5 Å². The van der Waals surface area contributed by atoms with Gasteiger partial charge in [-0.25, -0.2) is 18.3 Å². The lowest BCUT2D eigenvalue weighted by molar-refractivity contribution is -0.136. The number of benzene rings is 2. The van der Waals surface area contributed by atoms with E-state index in [9.17, 15) is 31.5 Å². The highest BCUT2D eigenvalue weighted by molar-refractivity contribution is 5.98.